The van der Waals surface area contributed by atoms with Crippen molar-refractivity contribution in [3.05, 3.63) is 42.0 Å². The van der Waals surface area contributed by atoms with Crippen LogP contribution in [0.4, 0.5) is 0 Å². The maximum Gasteiger partial charge on any atom is 0.226 e. The molecule has 0 N–H and O–H groups in total. The number of ether oxygens (including phenoxy) is 1. The van der Waals surface area contributed by atoms with E-state index in [4.69, 9.17) is 4.74 Å². The van der Waals surface area contributed by atoms with E-state index in [9.17, 15) is 4.79 Å². The van der Waals surface area contributed by atoms with Crippen molar-refractivity contribution in [3.63, 3.8) is 0 Å². The van der Waals surface area contributed by atoms with Crippen LogP contribution < -0.4 is 4.74 Å². The van der Waals surface area contributed by atoms with Crippen molar-refractivity contribution in [1.29, 1.82) is 0 Å². The highest BCUT2D eigenvalue weighted by molar-refractivity contribution is 5.79. The highest BCUT2D eigenvalue weighted by Crippen LogP contribution is 2.30. The Labute approximate surface area is 121 Å². The summed E-state index contributed by atoms with van der Waals surface area (Å²) >= 11 is 0. The number of carbonyl (C=O) groups excluding carboxylic acids is 1. The fraction of sp³-hybridized carbons (Fsp3) is 0.471. The summed E-state index contributed by atoms with van der Waals surface area (Å²) in [5, 5.41) is 0. The number of hydrogen-bond donors (Lipinski definition) is 0. The van der Waals surface area contributed by atoms with Gasteiger partial charge in [0.15, 0.2) is 0 Å². The molecule has 0 aliphatic heterocycles. The van der Waals surface area contributed by atoms with E-state index in [1.54, 1.807) is 7.11 Å². The lowest BCUT2D eigenvalue weighted by molar-refractivity contribution is -0.136. The van der Waals surface area contributed by atoms with Gasteiger partial charge in [-0.1, -0.05) is 30.4 Å². The van der Waals surface area contributed by atoms with Gasteiger partial charge in [0.05, 0.1) is 13.2 Å². The number of para-hydroxylation sites is 1. The summed E-state index contributed by atoms with van der Waals surface area (Å²) in [5.41, 5.74) is 1.05. The van der Waals surface area contributed by atoms with Crippen LogP contribution in [0.15, 0.2) is 36.4 Å². The molecule has 0 saturated carbocycles. The summed E-state index contributed by atoms with van der Waals surface area (Å²) < 4.78 is 5.39. The van der Waals surface area contributed by atoms with Crippen molar-refractivity contribution < 1.29 is 9.53 Å². The molecule has 0 fully saturated rings. The molecule has 1 amide bonds. The molecule has 3 nitrogen and oxygen atoms in total. The molecule has 0 radical (unpaired) electrons. The molecule has 1 aromatic rings. The first-order valence-corrected chi connectivity index (χ1v) is 7.19. The second-order valence-corrected chi connectivity index (χ2v) is 5.35. The van der Waals surface area contributed by atoms with Gasteiger partial charge < -0.3 is 9.64 Å². The maximum atomic E-state index is 12.6. The summed E-state index contributed by atoms with van der Waals surface area (Å²) in [5.74, 6) is 1.19. The molecule has 0 saturated heterocycles. The average molecular weight is 273 g/mol. The molecule has 108 valence electrons. The first-order chi connectivity index (χ1) is 9.65. The smallest absolute Gasteiger partial charge is 0.226 e. The molecule has 0 bridgehead atoms. The van der Waals surface area contributed by atoms with Gasteiger partial charge in [0.25, 0.3) is 0 Å². The van der Waals surface area contributed by atoms with Crippen LogP contribution in [-0.4, -0.2) is 25.0 Å². The zero-order valence-corrected chi connectivity index (χ0v) is 12.5. The van der Waals surface area contributed by atoms with Crippen LogP contribution in [0.5, 0.6) is 5.75 Å². The van der Waals surface area contributed by atoms with Gasteiger partial charge in [0, 0.05) is 18.5 Å². The fourth-order valence-electron chi connectivity index (χ4n) is 2.72. The van der Waals surface area contributed by atoms with Gasteiger partial charge in [-0.15, -0.1) is 0 Å². The Balaban J connectivity index is 2.13. The van der Waals surface area contributed by atoms with E-state index >= 15 is 0 Å². The molecule has 1 aromatic carbocycles. The summed E-state index contributed by atoms with van der Waals surface area (Å²) in [6.07, 6.45) is 7.11. The SMILES string of the molecule is COc1ccccc1[C@@H](C)N(C)C(=O)[C@@H]1CC=CCC1. The van der Waals surface area contributed by atoms with Crippen molar-refractivity contribution in [2.75, 3.05) is 14.2 Å². The van der Waals surface area contributed by atoms with Crippen LogP contribution in [0.25, 0.3) is 0 Å². The Hall–Kier alpha value is -1.77. The predicted molar refractivity (Wildman–Crippen MR) is 80.7 cm³/mol. The highest BCUT2D eigenvalue weighted by Gasteiger charge is 2.26. The predicted octanol–water partition coefficient (Wildman–Crippen LogP) is 3.57. The van der Waals surface area contributed by atoms with Gasteiger partial charge in [-0.3, -0.25) is 4.79 Å². The molecule has 0 spiro atoms. The third-order valence-corrected chi connectivity index (χ3v) is 4.14. The molecule has 20 heavy (non-hydrogen) atoms. The summed E-state index contributed by atoms with van der Waals surface area (Å²) in [6, 6.07) is 7.91. The Morgan fingerprint density at radius 3 is 2.75 bits per heavy atom. The molecule has 1 aliphatic carbocycles. The first kappa shape index (κ1) is 14.6. The Morgan fingerprint density at radius 1 is 1.35 bits per heavy atom. The second kappa shape index (κ2) is 6.60. The van der Waals surface area contributed by atoms with E-state index in [0.717, 1.165) is 30.6 Å². The molecular weight excluding hydrogens is 250 g/mol. The number of carbonyl (C=O) groups is 1. The minimum Gasteiger partial charge on any atom is -0.496 e. The zero-order chi connectivity index (χ0) is 14.5. The van der Waals surface area contributed by atoms with E-state index in [2.05, 4.69) is 19.1 Å². The molecule has 0 unspecified atom stereocenters. The van der Waals surface area contributed by atoms with E-state index in [-0.39, 0.29) is 17.9 Å². The number of amides is 1. The monoisotopic (exact) mass is 273 g/mol. The normalized spacial score (nSPS) is 19.4. The van der Waals surface area contributed by atoms with Crippen LogP contribution in [0.3, 0.4) is 0 Å². The molecule has 0 aromatic heterocycles. The van der Waals surface area contributed by atoms with Gasteiger partial charge in [-0.2, -0.15) is 0 Å². The summed E-state index contributed by atoms with van der Waals surface area (Å²) in [7, 11) is 3.55. The van der Waals surface area contributed by atoms with Crippen LogP contribution in [-0.2, 0) is 4.79 Å². The maximum absolute atomic E-state index is 12.6. The lowest BCUT2D eigenvalue weighted by atomic mass is 9.92. The summed E-state index contributed by atoms with van der Waals surface area (Å²) in [4.78, 5) is 14.4. The van der Waals surface area contributed by atoms with Gasteiger partial charge in [0.1, 0.15) is 5.75 Å². The number of benzene rings is 1. The van der Waals surface area contributed by atoms with Crippen LogP contribution in [0.1, 0.15) is 37.8 Å². The molecule has 2 rings (SSSR count). The average Bonchev–Trinajstić information content (AvgIpc) is 2.53. The van der Waals surface area contributed by atoms with E-state index in [0.29, 0.717) is 0 Å². The van der Waals surface area contributed by atoms with Crippen LogP contribution >= 0.6 is 0 Å². The standard InChI is InChI=1S/C17H23NO2/c1-13(15-11-7-8-12-16(15)20-3)18(2)17(19)14-9-5-4-6-10-14/h4-5,7-8,11-14H,6,9-10H2,1-3H3/t13-,14-/m1/s1. The molecule has 2 atom stereocenters. The van der Waals surface area contributed by atoms with Gasteiger partial charge in [-0.05, 0) is 32.3 Å². The van der Waals surface area contributed by atoms with Gasteiger partial charge in [-0.25, -0.2) is 0 Å². The molecule has 1 aliphatic rings. The fourth-order valence-corrected chi connectivity index (χ4v) is 2.72. The zero-order valence-electron chi connectivity index (χ0n) is 12.5. The molecule has 0 heterocycles. The van der Waals surface area contributed by atoms with E-state index in [1.807, 2.05) is 36.2 Å². The number of rotatable bonds is 4. The number of methoxy groups -OCH3 is 1. The third kappa shape index (κ3) is 3.03. The third-order valence-electron chi connectivity index (χ3n) is 4.14. The quantitative estimate of drug-likeness (QED) is 0.785. The van der Waals surface area contributed by atoms with Crippen molar-refractivity contribution in [3.8, 4) is 5.75 Å². The van der Waals surface area contributed by atoms with E-state index < -0.39 is 0 Å². The Bertz CT molecular complexity index is 496. The molecular formula is C17H23NO2. The lowest BCUT2D eigenvalue weighted by Gasteiger charge is -2.30. The lowest BCUT2D eigenvalue weighted by Crippen LogP contribution is -2.35. The van der Waals surface area contributed by atoms with Crippen LogP contribution in [0, 0.1) is 5.92 Å². The summed E-state index contributed by atoms with van der Waals surface area (Å²) in [6.45, 7) is 2.05. The van der Waals surface area contributed by atoms with E-state index in [1.165, 1.54) is 0 Å². The van der Waals surface area contributed by atoms with Gasteiger partial charge >= 0.3 is 0 Å². The van der Waals surface area contributed by atoms with Crippen LogP contribution in [0.2, 0.25) is 0 Å². The van der Waals surface area contributed by atoms with Crippen molar-refractivity contribution in [1.82, 2.24) is 4.90 Å². The second-order valence-electron chi connectivity index (χ2n) is 5.35. The minimum atomic E-state index is 0.0181. The highest BCUT2D eigenvalue weighted by atomic mass is 16.5. The number of allylic oxidation sites excluding steroid dienone is 2. The molecule has 3 heteroatoms. The van der Waals surface area contributed by atoms with Crippen molar-refractivity contribution in [2.45, 2.75) is 32.2 Å². The van der Waals surface area contributed by atoms with Gasteiger partial charge in [0.2, 0.25) is 5.91 Å². The Kier molecular flexibility index (Phi) is 4.83. The Morgan fingerprint density at radius 2 is 2.10 bits per heavy atom. The first-order valence-electron chi connectivity index (χ1n) is 7.19. The largest absolute Gasteiger partial charge is 0.496 e. The van der Waals surface area contributed by atoms with Crippen molar-refractivity contribution >= 4 is 5.91 Å². The number of nitrogens with zero attached hydrogens (tertiary/aromatic N) is 1. The van der Waals surface area contributed by atoms with Crippen molar-refractivity contribution in [2.24, 2.45) is 5.92 Å². The topological polar surface area (TPSA) is 29.5 Å². The number of hydrogen-bond acceptors (Lipinski definition) is 2. The minimum absolute atomic E-state index is 0.0181.